The highest BCUT2D eigenvalue weighted by atomic mass is 16.4. The second kappa shape index (κ2) is 8.54. The normalized spacial score (nSPS) is 12.7. The number of fused-ring (bicyclic) bond motifs is 3. The van der Waals surface area contributed by atoms with E-state index in [0.29, 0.717) is 12.3 Å². The fourth-order valence-corrected chi connectivity index (χ4v) is 4.51. The van der Waals surface area contributed by atoms with Crippen LogP contribution >= 0.6 is 0 Å². The van der Waals surface area contributed by atoms with Gasteiger partial charge in [-0.1, -0.05) is 56.3 Å². The monoisotopic (exact) mass is 414 g/mol. The lowest BCUT2D eigenvalue weighted by Crippen LogP contribution is -2.12. The molecule has 0 radical (unpaired) electrons. The summed E-state index contributed by atoms with van der Waals surface area (Å²) in [5, 5.41) is 10.9. The summed E-state index contributed by atoms with van der Waals surface area (Å²) in [4.78, 5) is 16.7. The number of aliphatic carboxylic acids is 1. The predicted octanol–water partition coefficient (Wildman–Crippen LogP) is 6.30. The number of carboxylic acids is 1. The third-order valence-electron chi connectivity index (χ3n) is 6.10. The lowest BCUT2D eigenvalue weighted by molar-refractivity contribution is -0.139. The topological polar surface area (TPSA) is 54.6 Å². The second-order valence-electron chi connectivity index (χ2n) is 8.97. The zero-order valence-corrected chi connectivity index (χ0v) is 18.7. The number of hydrogen-bond donors (Lipinski definition) is 1. The maximum Gasteiger partial charge on any atom is 0.310 e. The lowest BCUT2D eigenvalue weighted by atomic mass is 9.90. The van der Waals surface area contributed by atoms with E-state index in [4.69, 9.17) is 4.98 Å². The van der Waals surface area contributed by atoms with Crippen LogP contribution in [0.3, 0.4) is 0 Å². The first-order chi connectivity index (χ1) is 14.8. The zero-order valence-electron chi connectivity index (χ0n) is 18.7. The van der Waals surface area contributed by atoms with Gasteiger partial charge in [-0.3, -0.25) is 9.20 Å². The van der Waals surface area contributed by atoms with Crippen molar-refractivity contribution >= 4 is 22.5 Å². The minimum absolute atomic E-state index is 0.445. The van der Waals surface area contributed by atoms with Crippen LogP contribution in [0.4, 0.5) is 0 Å². The van der Waals surface area contributed by atoms with Crippen molar-refractivity contribution in [2.75, 3.05) is 0 Å². The molecule has 0 amide bonds. The van der Waals surface area contributed by atoms with E-state index in [0.717, 1.165) is 35.3 Å². The first-order valence-electron chi connectivity index (χ1n) is 11.0. The highest BCUT2D eigenvalue weighted by Gasteiger charge is 2.20. The predicted molar refractivity (Wildman–Crippen MR) is 126 cm³/mol. The van der Waals surface area contributed by atoms with Gasteiger partial charge in [0.1, 0.15) is 5.65 Å². The minimum atomic E-state index is -0.743. The van der Waals surface area contributed by atoms with Gasteiger partial charge in [0.25, 0.3) is 0 Å². The summed E-state index contributed by atoms with van der Waals surface area (Å²) in [6, 6.07) is 18.7. The molecule has 1 unspecified atom stereocenters. The molecular weight excluding hydrogens is 384 g/mol. The van der Waals surface area contributed by atoms with Crippen LogP contribution in [-0.2, 0) is 11.2 Å². The summed E-state index contributed by atoms with van der Waals surface area (Å²) < 4.78 is 2.23. The van der Waals surface area contributed by atoms with E-state index in [1.54, 1.807) is 0 Å². The fourth-order valence-electron chi connectivity index (χ4n) is 4.51. The molecule has 0 spiro atoms. The highest BCUT2D eigenvalue weighted by Crippen LogP contribution is 2.30. The van der Waals surface area contributed by atoms with E-state index in [1.807, 2.05) is 19.1 Å². The number of hydrogen-bond acceptors (Lipinski definition) is 2. The van der Waals surface area contributed by atoms with E-state index in [9.17, 15) is 9.90 Å². The Bertz CT molecular complexity index is 1240. The Balaban J connectivity index is 1.70. The van der Waals surface area contributed by atoms with Crippen molar-refractivity contribution in [2.24, 2.45) is 5.92 Å². The highest BCUT2D eigenvalue weighted by molar-refractivity contribution is 5.91. The van der Waals surface area contributed by atoms with Gasteiger partial charge in [0.2, 0.25) is 0 Å². The van der Waals surface area contributed by atoms with Gasteiger partial charge in [0.05, 0.1) is 11.4 Å². The van der Waals surface area contributed by atoms with Crippen LogP contribution in [0.5, 0.6) is 0 Å². The van der Waals surface area contributed by atoms with Crippen molar-refractivity contribution < 1.29 is 9.90 Å². The minimum Gasteiger partial charge on any atom is -0.481 e. The molecule has 0 saturated carbocycles. The van der Waals surface area contributed by atoms with Crippen LogP contribution in [0.15, 0.2) is 54.6 Å². The number of para-hydroxylation sites is 1. The molecule has 0 bridgehead atoms. The number of carboxylic acid groups (broad SMARTS) is 1. The Kier molecular flexibility index (Phi) is 5.81. The van der Waals surface area contributed by atoms with Crippen molar-refractivity contribution in [3.05, 3.63) is 82.7 Å². The smallest absolute Gasteiger partial charge is 0.310 e. The molecule has 0 aliphatic heterocycles. The third-order valence-corrected chi connectivity index (χ3v) is 6.10. The van der Waals surface area contributed by atoms with Crippen LogP contribution < -0.4 is 0 Å². The van der Waals surface area contributed by atoms with Gasteiger partial charge in [-0.25, -0.2) is 4.98 Å². The van der Waals surface area contributed by atoms with Gasteiger partial charge in [-0.2, -0.15) is 0 Å². The Labute approximate surface area is 183 Å². The number of aryl methyl sites for hydroxylation is 2. The molecule has 2 aromatic heterocycles. The number of rotatable bonds is 7. The molecule has 1 atom stereocenters. The molecule has 31 heavy (non-hydrogen) atoms. The Morgan fingerprint density at radius 3 is 2.42 bits per heavy atom. The van der Waals surface area contributed by atoms with E-state index in [-0.39, 0.29) is 0 Å². The van der Waals surface area contributed by atoms with Gasteiger partial charge in [0, 0.05) is 28.8 Å². The van der Waals surface area contributed by atoms with Gasteiger partial charge >= 0.3 is 5.97 Å². The third kappa shape index (κ3) is 4.20. The number of carbonyl (C=O) groups is 1. The second-order valence-corrected chi connectivity index (χ2v) is 8.97. The van der Waals surface area contributed by atoms with Gasteiger partial charge < -0.3 is 5.11 Å². The summed E-state index contributed by atoms with van der Waals surface area (Å²) in [5.74, 6) is -0.690. The summed E-state index contributed by atoms with van der Waals surface area (Å²) in [7, 11) is 0. The van der Waals surface area contributed by atoms with Gasteiger partial charge in [-0.05, 0) is 55.9 Å². The lowest BCUT2D eigenvalue weighted by Gasteiger charge is -2.14. The Morgan fingerprint density at radius 2 is 1.74 bits per heavy atom. The largest absolute Gasteiger partial charge is 0.481 e. The van der Waals surface area contributed by atoms with Crippen molar-refractivity contribution in [3.63, 3.8) is 0 Å². The van der Waals surface area contributed by atoms with Crippen LogP contribution in [-0.4, -0.2) is 20.5 Å². The first-order valence-corrected chi connectivity index (χ1v) is 11.0. The van der Waals surface area contributed by atoms with Crippen molar-refractivity contribution in [2.45, 2.75) is 52.9 Å². The van der Waals surface area contributed by atoms with Crippen LogP contribution in [0, 0.1) is 19.8 Å². The molecule has 0 aliphatic carbocycles. The molecule has 0 fully saturated rings. The number of aromatic nitrogens is 2. The molecule has 1 N–H and O–H groups in total. The molecule has 2 aromatic carbocycles. The van der Waals surface area contributed by atoms with Crippen molar-refractivity contribution in [3.8, 4) is 0 Å². The van der Waals surface area contributed by atoms with Crippen LogP contribution in [0.1, 0.15) is 60.7 Å². The van der Waals surface area contributed by atoms with Crippen LogP contribution in [0.25, 0.3) is 16.6 Å². The molecule has 4 nitrogen and oxygen atoms in total. The maximum absolute atomic E-state index is 11.8. The van der Waals surface area contributed by atoms with E-state index in [2.05, 4.69) is 67.6 Å². The summed E-state index contributed by atoms with van der Waals surface area (Å²) in [5.41, 5.74) is 7.62. The van der Waals surface area contributed by atoms with E-state index in [1.165, 1.54) is 22.2 Å². The molecule has 4 aromatic rings. The quantitative estimate of drug-likeness (QED) is 0.386. The molecule has 4 rings (SSSR count). The van der Waals surface area contributed by atoms with Crippen molar-refractivity contribution in [1.29, 1.82) is 0 Å². The molecule has 160 valence electrons. The van der Waals surface area contributed by atoms with Crippen LogP contribution in [0.2, 0.25) is 0 Å². The molecule has 2 heterocycles. The Morgan fingerprint density at radius 1 is 1.03 bits per heavy atom. The number of benzene rings is 2. The average Bonchev–Trinajstić information content (AvgIpc) is 3.02. The number of nitrogens with zero attached hydrogens (tertiary/aromatic N) is 2. The maximum atomic E-state index is 11.8. The SMILES string of the molecule is Cc1cc(C)n2c(n1)c(Cc1ccc(C(CCC(C)C)C(=O)O)cc1)c1ccccc12. The van der Waals surface area contributed by atoms with Gasteiger partial charge in [0.15, 0.2) is 0 Å². The summed E-state index contributed by atoms with van der Waals surface area (Å²) in [6.45, 7) is 8.42. The first kappa shape index (κ1) is 21.1. The fraction of sp³-hybridized carbons (Fsp3) is 0.333. The molecular formula is C27H30N2O2. The van der Waals surface area contributed by atoms with E-state index >= 15 is 0 Å². The summed E-state index contributed by atoms with van der Waals surface area (Å²) >= 11 is 0. The summed E-state index contributed by atoms with van der Waals surface area (Å²) in [6.07, 6.45) is 2.34. The average molecular weight is 415 g/mol. The molecule has 0 aliphatic rings. The van der Waals surface area contributed by atoms with E-state index < -0.39 is 11.9 Å². The Hall–Kier alpha value is -3.14. The zero-order chi connectivity index (χ0) is 22.1. The standard InChI is InChI=1S/C27H30N2O2/c1-17(2)9-14-22(27(30)31)21-12-10-20(11-13-21)16-24-23-7-5-6-8-25(23)29-19(4)15-18(3)28-26(24)29/h5-8,10-13,15,17,22H,9,14,16H2,1-4H3,(H,30,31). The van der Waals surface area contributed by atoms with Crippen molar-refractivity contribution in [1.82, 2.24) is 9.38 Å². The molecule has 4 heteroatoms. The van der Waals surface area contributed by atoms with Gasteiger partial charge in [-0.15, -0.1) is 0 Å². The molecule has 0 saturated heterocycles.